The number of nitrogens with zero attached hydrogens (tertiary/aromatic N) is 3. The molecule has 5 nitrogen and oxygen atoms in total. The molecule has 0 atom stereocenters. The van der Waals surface area contributed by atoms with E-state index in [2.05, 4.69) is 5.10 Å². The van der Waals surface area contributed by atoms with Crippen LogP contribution in [0.4, 0.5) is 0 Å². The van der Waals surface area contributed by atoms with Gasteiger partial charge in [-0.25, -0.2) is 0 Å². The van der Waals surface area contributed by atoms with Crippen LogP contribution in [0.5, 0.6) is 0 Å². The molecule has 1 aliphatic heterocycles. The van der Waals surface area contributed by atoms with E-state index in [4.69, 9.17) is 0 Å². The number of aromatic nitrogens is 2. The molecule has 0 bridgehead atoms. The highest BCUT2D eigenvalue weighted by Gasteiger charge is 2.46. The van der Waals surface area contributed by atoms with Crippen LogP contribution in [0, 0.1) is 5.92 Å². The van der Waals surface area contributed by atoms with Crippen molar-refractivity contribution in [1.82, 2.24) is 14.7 Å². The first-order valence-electron chi connectivity index (χ1n) is 5.43. The molecular formula is C11H17N3O2. The summed E-state index contributed by atoms with van der Waals surface area (Å²) in [6.45, 7) is 4.76. The van der Waals surface area contributed by atoms with E-state index < -0.39 is 5.60 Å². The van der Waals surface area contributed by atoms with Crippen LogP contribution < -0.4 is 0 Å². The number of rotatable bonds is 2. The minimum absolute atomic E-state index is 0.0570. The number of likely N-dealkylation sites (tertiary alicyclic amines) is 1. The molecule has 0 radical (unpaired) electrons. The lowest BCUT2D eigenvalue weighted by Crippen LogP contribution is -2.65. The third-order valence-electron chi connectivity index (χ3n) is 3.24. The molecule has 2 rings (SSSR count). The minimum Gasteiger partial charge on any atom is -0.386 e. The van der Waals surface area contributed by atoms with Gasteiger partial charge in [-0.2, -0.15) is 5.10 Å². The SMILES string of the molecule is CC(C)C1(O)CN(C(=O)c2cnn(C)c2)C1. The highest BCUT2D eigenvalue weighted by molar-refractivity contribution is 5.94. The standard InChI is InChI=1S/C11H17N3O2/c1-8(2)11(16)6-14(7-11)10(15)9-4-12-13(3)5-9/h4-5,8,16H,6-7H2,1-3H3. The molecule has 16 heavy (non-hydrogen) atoms. The Morgan fingerprint density at radius 2 is 2.19 bits per heavy atom. The molecule has 0 unspecified atom stereocenters. The number of aryl methyl sites for hydroxylation is 1. The maximum atomic E-state index is 11.9. The van der Waals surface area contributed by atoms with Crippen LogP contribution in [0.1, 0.15) is 24.2 Å². The average molecular weight is 223 g/mol. The highest BCUT2D eigenvalue weighted by Crippen LogP contribution is 2.29. The summed E-state index contributed by atoms with van der Waals surface area (Å²) < 4.78 is 1.60. The smallest absolute Gasteiger partial charge is 0.257 e. The van der Waals surface area contributed by atoms with Crippen molar-refractivity contribution in [2.75, 3.05) is 13.1 Å². The van der Waals surface area contributed by atoms with Crippen molar-refractivity contribution in [3.8, 4) is 0 Å². The van der Waals surface area contributed by atoms with Crippen molar-refractivity contribution in [1.29, 1.82) is 0 Å². The van der Waals surface area contributed by atoms with E-state index in [0.717, 1.165) is 0 Å². The number of hydrogen-bond acceptors (Lipinski definition) is 3. The third kappa shape index (κ3) is 1.71. The van der Waals surface area contributed by atoms with Gasteiger partial charge in [0.25, 0.3) is 5.91 Å². The predicted molar refractivity (Wildman–Crippen MR) is 58.9 cm³/mol. The monoisotopic (exact) mass is 223 g/mol. The number of hydrogen-bond donors (Lipinski definition) is 1. The van der Waals surface area contributed by atoms with Gasteiger partial charge >= 0.3 is 0 Å². The molecule has 0 aliphatic carbocycles. The molecule has 1 N–H and O–H groups in total. The Morgan fingerprint density at radius 3 is 2.62 bits per heavy atom. The number of carbonyl (C=O) groups excluding carboxylic acids is 1. The summed E-state index contributed by atoms with van der Waals surface area (Å²) in [5, 5.41) is 14.0. The van der Waals surface area contributed by atoms with E-state index in [9.17, 15) is 9.90 Å². The molecule has 5 heteroatoms. The van der Waals surface area contributed by atoms with Crippen LogP contribution in [-0.2, 0) is 7.05 Å². The first-order chi connectivity index (χ1) is 7.42. The van der Waals surface area contributed by atoms with Gasteiger partial charge in [0.2, 0.25) is 0 Å². The zero-order chi connectivity index (χ0) is 11.9. The number of aliphatic hydroxyl groups is 1. The Kier molecular flexibility index (Phi) is 2.50. The van der Waals surface area contributed by atoms with E-state index in [1.807, 2.05) is 13.8 Å². The fourth-order valence-electron chi connectivity index (χ4n) is 1.84. The van der Waals surface area contributed by atoms with E-state index in [1.165, 1.54) is 0 Å². The minimum atomic E-state index is -0.710. The number of carbonyl (C=O) groups is 1. The molecule has 1 aromatic rings. The highest BCUT2D eigenvalue weighted by atomic mass is 16.3. The molecule has 1 amide bonds. The molecule has 0 spiro atoms. The molecule has 0 saturated carbocycles. The lowest BCUT2D eigenvalue weighted by molar-refractivity contribution is -0.110. The summed E-state index contributed by atoms with van der Waals surface area (Å²) in [6, 6.07) is 0. The Balaban J connectivity index is 2.00. The first-order valence-corrected chi connectivity index (χ1v) is 5.43. The van der Waals surface area contributed by atoms with Crippen LogP contribution in [0.15, 0.2) is 12.4 Å². The third-order valence-corrected chi connectivity index (χ3v) is 3.24. The zero-order valence-electron chi connectivity index (χ0n) is 9.84. The van der Waals surface area contributed by atoms with Gasteiger partial charge < -0.3 is 10.0 Å². The van der Waals surface area contributed by atoms with Crippen molar-refractivity contribution < 1.29 is 9.90 Å². The maximum absolute atomic E-state index is 11.9. The van der Waals surface area contributed by atoms with E-state index in [0.29, 0.717) is 18.7 Å². The Morgan fingerprint density at radius 1 is 1.56 bits per heavy atom. The van der Waals surface area contributed by atoms with Crippen molar-refractivity contribution in [3.05, 3.63) is 18.0 Å². The van der Waals surface area contributed by atoms with Crippen LogP contribution in [-0.4, -0.2) is 44.4 Å². The quantitative estimate of drug-likeness (QED) is 0.782. The Bertz CT molecular complexity index is 405. The van der Waals surface area contributed by atoms with Crippen molar-refractivity contribution in [2.24, 2.45) is 13.0 Å². The molecule has 2 heterocycles. The lowest BCUT2D eigenvalue weighted by Gasteiger charge is -2.48. The van der Waals surface area contributed by atoms with E-state index >= 15 is 0 Å². The second-order valence-corrected chi connectivity index (χ2v) is 4.82. The summed E-state index contributed by atoms with van der Waals surface area (Å²) in [5.41, 5.74) is -0.133. The van der Waals surface area contributed by atoms with Crippen LogP contribution in [0.25, 0.3) is 0 Å². The average Bonchev–Trinajstić information content (AvgIpc) is 2.58. The molecule has 0 aromatic carbocycles. The second-order valence-electron chi connectivity index (χ2n) is 4.82. The van der Waals surface area contributed by atoms with Crippen LogP contribution in [0.3, 0.4) is 0 Å². The van der Waals surface area contributed by atoms with Gasteiger partial charge in [-0.05, 0) is 5.92 Å². The van der Waals surface area contributed by atoms with Crippen LogP contribution in [0.2, 0.25) is 0 Å². The Labute approximate surface area is 94.7 Å². The van der Waals surface area contributed by atoms with Crippen LogP contribution >= 0.6 is 0 Å². The van der Waals surface area contributed by atoms with Gasteiger partial charge in [0.1, 0.15) is 5.60 Å². The molecule has 1 fully saturated rings. The fraction of sp³-hybridized carbons (Fsp3) is 0.636. The largest absolute Gasteiger partial charge is 0.386 e. The summed E-state index contributed by atoms with van der Waals surface area (Å²) in [7, 11) is 1.78. The van der Waals surface area contributed by atoms with Crippen molar-refractivity contribution in [3.63, 3.8) is 0 Å². The molecule has 88 valence electrons. The molecule has 1 saturated heterocycles. The molecular weight excluding hydrogens is 206 g/mol. The topological polar surface area (TPSA) is 58.4 Å². The first kappa shape index (κ1) is 11.1. The maximum Gasteiger partial charge on any atom is 0.257 e. The number of amides is 1. The predicted octanol–water partition coefficient (Wildman–Crippen LogP) is 0.263. The molecule has 1 aromatic heterocycles. The van der Waals surface area contributed by atoms with Gasteiger partial charge in [-0.3, -0.25) is 9.48 Å². The van der Waals surface area contributed by atoms with Gasteiger partial charge in [-0.15, -0.1) is 0 Å². The van der Waals surface area contributed by atoms with Crippen molar-refractivity contribution >= 4 is 5.91 Å². The zero-order valence-corrected chi connectivity index (χ0v) is 9.84. The van der Waals surface area contributed by atoms with Gasteiger partial charge in [0, 0.05) is 13.2 Å². The number of β-amino-alcohol motifs (C(OH)–C–C–N with tert-alkyl or cyclic N) is 1. The van der Waals surface area contributed by atoms with Gasteiger partial charge in [0.15, 0.2) is 0 Å². The molecule has 1 aliphatic rings. The second kappa shape index (κ2) is 3.59. The normalized spacial score (nSPS) is 18.7. The fourth-order valence-corrected chi connectivity index (χ4v) is 1.84. The van der Waals surface area contributed by atoms with E-state index in [-0.39, 0.29) is 11.8 Å². The van der Waals surface area contributed by atoms with E-state index in [1.54, 1.807) is 29.0 Å². The lowest BCUT2D eigenvalue weighted by atomic mass is 9.83. The Hall–Kier alpha value is -1.36. The summed E-state index contributed by atoms with van der Waals surface area (Å²) in [4.78, 5) is 13.6. The van der Waals surface area contributed by atoms with Gasteiger partial charge in [-0.1, -0.05) is 13.8 Å². The van der Waals surface area contributed by atoms with Gasteiger partial charge in [0.05, 0.1) is 24.8 Å². The summed E-state index contributed by atoms with van der Waals surface area (Å²) >= 11 is 0. The summed E-state index contributed by atoms with van der Waals surface area (Å²) in [5.74, 6) is 0.115. The van der Waals surface area contributed by atoms with Crippen molar-refractivity contribution in [2.45, 2.75) is 19.4 Å². The summed E-state index contributed by atoms with van der Waals surface area (Å²) in [6.07, 6.45) is 3.24.